The molecule has 0 amide bonds. The first-order valence-corrected chi connectivity index (χ1v) is 13.3. The molecule has 0 aliphatic carbocycles. The fourth-order valence-electron chi connectivity index (χ4n) is 3.65. The van der Waals surface area contributed by atoms with Gasteiger partial charge in [0.1, 0.15) is 12.2 Å². The van der Waals surface area contributed by atoms with Crippen LogP contribution in [0.5, 0.6) is 0 Å². The van der Waals surface area contributed by atoms with Gasteiger partial charge in [0, 0.05) is 0 Å². The molecule has 0 bridgehead atoms. The smallest absolute Gasteiger partial charge is 0.147 e. The summed E-state index contributed by atoms with van der Waals surface area (Å²) >= 11 is 0. The second kappa shape index (κ2) is 7.36. The lowest BCUT2D eigenvalue weighted by Gasteiger charge is -2.33. The molecule has 2 aromatic carbocycles. The summed E-state index contributed by atoms with van der Waals surface area (Å²) in [6.45, 7) is 18.4. The molecule has 0 saturated carbocycles. The van der Waals surface area contributed by atoms with Gasteiger partial charge in [0.05, 0.1) is 14.8 Å². The van der Waals surface area contributed by atoms with Crippen LogP contribution in [0.3, 0.4) is 0 Å². The number of allylic oxidation sites excluding steroid dienone is 2. The lowest BCUT2D eigenvalue weighted by atomic mass is 9.90. The summed E-state index contributed by atoms with van der Waals surface area (Å²) in [6, 6.07) is 18.5. The Morgan fingerprint density at radius 1 is 0.963 bits per heavy atom. The summed E-state index contributed by atoms with van der Waals surface area (Å²) in [5.74, 6) is 0.504. The Hall–Kier alpha value is -2.32. The van der Waals surface area contributed by atoms with E-state index in [2.05, 4.69) is 113 Å². The molecule has 0 radical (unpaired) electrons. The van der Waals surface area contributed by atoms with E-state index in [0.717, 1.165) is 0 Å². The SMILES string of the molecule is C=[N+]1C=C([Si](C)(C)C)C(C(C)C)=C[C-]1c1cc(-c2ccccc2)ccc1C. The third-order valence-corrected chi connectivity index (χ3v) is 7.28. The average Bonchev–Trinajstić information content (AvgIpc) is 2.62. The minimum Gasteiger partial charge on any atom is -0.255 e. The Bertz CT molecular complexity index is 911. The number of hydrogen-bond acceptors (Lipinski definition) is 0. The van der Waals surface area contributed by atoms with Crippen LogP contribution >= 0.6 is 0 Å². The predicted octanol–water partition coefficient (Wildman–Crippen LogP) is 6.61. The zero-order chi connectivity index (χ0) is 19.8. The summed E-state index contributed by atoms with van der Waals surface area (Å²) in [4.78, 5) is 0. The quantitative estimate of drug-likeness (QED) is 0.322. The van der Waals surface area contributed by atoms with Crippen molar-refractivity contribution in [3.63, 3.8) is 0 Å². The maximum Gasteiger partial charge on any atom is 0.147 e. The molecule has 1 aliphatic heterocycles. The van der Waals surface area contributed by atoms with Crippen molar-refractivity contribution in [3.8, 4) is 11.1 Å². The van der Waals surface area contributed by atoms with Crippen molar-refractivity contribution in [2.24, 2.45) is 5.92 Å². The molecule has 0 unspecified atom stereocenters. The summed E-state index contributed by atoms with van der Waals surface area (Å²) in [7, 11) is -1.43. The minimum atomic E-state index is -1.43. The molecular formula is C25H31NSi. The minimum absolute atomic E-state index is 0.504. The van der Waals surface area contributed by atoms with Crippen LogP contribution in [0.25, 0.3) is 11.1 Å². The van der Waals surface area contributed by atoms with Gasteiger partial charge in [-0.1, -0.05) is 100 Å². The van der Waals surface area contributed by atoms with E-state index in [-0.39, 0.29) is 0 Å². The van der Waals surface area contributed by atoms with Gasteiger partial charge in [0.2, 0.25) is 0 Å². The maximum absolute atomic E-state index is 4.35. The molecule has 1 aliphatic rings. The Morgan fingerprint density at radius 3 is 2.22 bits per heavy atom. The summed E-state index contributed by atoms with van der Waals surface area (Å²) in [5.41, 5.74) is 6.50. The van der Waals surface area contributed by atoms with Crippen molar-refractivity contribution in [1.29, 1.82) is 0 Å². The van der Waals surface area contributed by atoms with Crippen molar-refractivity contribution in [3.05, 3.63) is 88.7 Å². The highest BCUT2D eigenvalue weighted by atomic mass is 28.3. The standard InChI is InChI=1S/C25H31NSi/c1-18(2)22-16-24(26(4)17-25(22)27(5,6)7)23-15-21(14-13-19(23)3)20-11-9-8-10-12-20/h8-18H,4H2,1-3,5-7H3. The van der Waals surface area contributed by atoms with Crippen molar-refractivity contribution in [2.45, 2.75) is 40.4 Å². The Balaban J connectivity index is 2.09. The second-order valence-electron chi connectivity index (χ2n) is 8.80. The fraction of sp³-hybridized carbons (Fsp3) is 0.280. The van der Waals surface area contributed by atoms with E-state index in [4.69, 9.17) is 0 Å². The van der Waals surface area contributed by atoms with Crippen molar-refractivity contribution in [2.75, 3.05) is 0 Å². The van der Waals surface area contributed by atoms with E-state index in [9.17, 15) is 0 Å². The van der Waals surface area contributed by atoms with Gasteiger partial charge in [-0.15, -0.1) is 0 Å². The molecule has 2 aromatic rings. The molecule has 0 saturated heterocycles. The van der Waals surface area contributed by atoms with Crippen LogP contribution in [0.15, 0.2) is 71.6 Å². The molecule has 1 heterocycles. The first kappa shape index (κ1) is 19.4. The number of benzene rings is 2. The molecule has 0 atom stereocenters. The van der Waals surface area contributed by atoms with Crippen LogP contribution in [0.4, 0.5) is 0 Å². The number of nitrogens with zero attached hydrogens (tertiary/aromatic N) is 1. The van der Waals surface area contributed by atoms with Crippen LogP contribution in [0.2, 0.25) is 19.6 Å². The van der Waals surface area contributed by atoms with E-state index in [0.29, 0.717) is 5.92 Å². The van der Waals surface area contributed by atoms with Gasteiger partial charge in [-0.25, -0.2) is 0 Å². The normalized spacial score (nSPS) is 15.1. The first-order chi connectivity index (χ1) is 12.7. The maximum atomic E-state index is 4.35. The topological polar surface area (TPSA) is 3.01 Å². The van der Waals surface area contributed by atoms with Crippen LogP contribution in [-0.2, 0) is 0 Å². The molecule has 0 fully saturated rings. The molecule has 0 N–H and O–H groups in total. The molecule has 2 heteroatoms. The molecule has 3 rings (SSSR count). The summed E-state index contributed by atoms with van der Waals surface area (Å²) in [6.07, 6.45) is 4.66. The summed E-state index contributed by atoms with van der Waals surface area (Å²) < 4.78 is 2.08. The van der Waals surface area contributed by atoms with Crippen molar-refractivity contribution < 1.29 is 4.58 Å². The van der Waals surface area contributed by atoms with Crippen LogP contribution < -0.4 is 0 Å². The van der Waals surface area contributed by atoms with E-state index >= 15 is 0 Å². The van der Waals surface area contributed by atoms with Crippen LogP contribution in [-0.4, -0.2) is 19.4 Å². The van der Waals surface area contributed by atoms with Gasteiger partial charge in [-0.3, -0.25) is 4.58 Å². The molecule has 140 valence electrons. The second-order valence-corrected chi connectivity index (χ2v) is 13.8. The van der Waals surface area contributed by atoms with Crippen LogP contribution in [0, 0.1) is 18.9 Å². The fourth-order valence-corrected chi connectivity index (χ4v) is 5.42. The summed E-state index contributed by atoms with van der Waals surface area (Å²) in [5, 5.41) is 1.51. The average molecular weight is 374 g/mol. The van der Waals surface area contributed by atoms with Crippen molar-refractivity contribution >= 4 is 14.8 Å². The van der Waals surface area contributed by atoms with E-state index < -0.39 is 8.07 Å². The zero-order valence-electron chi connectivity index (χ0n) is 17.5. The third-order valence-electron chi connectivity index (χ3n) is 5.25. The highest BCUT2D eigenvalue weighted by Gasteiger charge is 2.30. The Labute approximate surface area is 165 Å². The van der Waals surface area contributed by atoms with Gasteiger partial charge in [-0.05, 0) is 33.9 Å². The highest BCUT2D eigenvalue weighted by Crippen LogP contribution is 2.37. The zero-order valence-corrected chi connectivity index (χ0v) is 18.5. The lowest BCUT2D eigenvalue weighted by Crippen LogP contribution is -2.32. The van der Waals surface area contributed by atoms with Gasteiger partial charge < -0.3 is 0 Å². The number of aryl methyl sites for hydroxylation is 1. The van der Waals surface area contributed by atoms with Crippen molar-refractivity contribution in [1.82, 2.24) is 0 Å². The molecule has 0 spiro atoms. The third kappa shape index (κ3) is 4.01. The number of hydrogen-bond donors (Lipinski definition) is 0. The van der Waals surface area contributed by atoms with Gasteiger partial charge >= 0.3 is 0 Å². The van der Waals surface area contributed by atoms with E-state index in [1.165, 1.54) is 39.1 Å². The van der Waals surface area contributed by atoms with Gasteiger partial charge in [-0.2, -0.15) is 0 Å². The Kier molecular flexibility index (Phi) is 5.30. The highest BCUT2D eigenvalue weighted by molar-refractivity contribution is 6.84. The molecule has 1 nitrogen and oxygen atoms in total. The largest absolute Gasteiger partial charge is 0.255 e. The van der Waals surface area contributed by atoms with Gasteiger partial charge in [0.15, 0.2) is 0 Å². The van der Waals surface area contributed by atoms with E-state index in [1.54, 1.807) is 0 Å². The first-order valence-electron chi connectivity index (χ1n) is 9.76. The molecule has 27 heavy (non-hydrogen) atoms. The monoisotopic (exact) mass is 373 g/mol. The van der Waals surface area contributed by atoms with Gasteiger partial charge in [0.25, 0.3) is 0 Å². The predicted molar refractivity (Wildman–Crippen MR) is 121 cm³/mol. The molecule has 0 aromatic heterocycles. The molecular weight excluding hydrogens is 342 g/mol. The number of rotatable bonds is 4. The van der Waals surface area contributed by atoms with E-state index in [1.807, 2.05) is 0 Å². The lowest BCUT2D eigenvalue weighted by molar-refractivity contribution is -0.418. The van der Waals surface area contributed by atoms with Crippen LogP contribution in [0.1, 0.15) is 25.0 Å². The Morgan fingerprint density at radius 2 is 1.63 bits per heavy atom.